The van der Waals surface area contributed by atoms with Crippen molar-refractivity contribution < 1.29 is 0 Å². The van der Waals surface area contributed by atoms with Crippen molar-refractivity contribution in [1.29, 1.82) is 0 Å². The first-order chi connectivity index (χ1) is 6.59. The van der Waals surface area contributed by atoms with Crippen LogP contribution in [0.25, 0.3) is 0 Å². The van der Waals surface area contributed by atoms with Crippen LogP contribution in [0.1, 0.15) is 69.8 Å². The van der Waals surface area contributed by atoms with Crippen molar-refractivity contribution in [2.45, 2.75) is 58.4 Å². The molecular weight excluding hydrogens is 174 g/mol. The van der Waals surface area contributed by atoms with E-state index in [4.69, 9.17) is 0 Å². The van der Waals surface area contributed by atoms with Crippen LogP contribution in [0, 0.1) is 0 Å². The molecule has 0 radical (unpaired) electrons. The molecule has 1 aromatic heterocycles. The highest BCUT2D eigenvalue weighted by molar-refractivity contribution is 5.16. The molecule has 3 nitrogen and oxygen atoms in total. The van der Waals surface area contributed by atoms with Crippen LogP contribution in [0.4, 0.5) is 0 Å². The first kappa shape index (κ1) is 9.69. The summed E-state index contributed by atoms with van der Waals surface area (Å²) < 4.78 is 0. The summed E-state index contributed by atoms with van der Waals surface area (Å²) in [5, 5.41) is 9.20. The summed E-state index contributed by atoms with van der Waals surface area (Å²) >= 11 is 0. The molecule has 1 aliphatic carbocycles. The molecule has 0 bridgehead atoms. The van der Waals surface area contributed by atoms with E-state index in [9.17, 15) is 0 Å². The van der Waals surface area contributed by atoms with Crippen LogP contribution in [-0.4, -0.2) is 15.0 Å². The molecule has 0 unspecified atom stereocenters. The van der Waals surface area contributed by atoms with Crippen molar-refractivity contribution in [3.63, 3.8) is 0 Å². The molecule has 14 heavy (non-hydrogen) atoms. The molecule has 1 aromatic rings. The van der Waals surface area contributed by atoms with E-state index in [0.29, 0.717) is 17.9 Å². The molecule has 2 rings (SSSR count). The highest BCUT2D eigenvalue weighted by atomic mass is 15.5. The van der Waals surface area contributed by atoms with Gasteiger partial charge in [0.05, 0.1) is 17.4 Å². The Kier molecular flexibility index (Phi) is 2.33. The van der Waals surface area contributed by atoms with Crippen LogP contribution in [0.2, 0.25) is 0 Å². The normalized spacial score (nSPS) is 17.0. The summed E-state index contributed by atoms with van der Waals surface area (Å²) in [6, 6.07) is 0.597. The highest BCUT2D eigenvalue weighted by Crippen LogP contribution is 2.35. The molecule has 1 heterocycles. The standard InChI is InChI=1S/C11H19N3/c1-7(2)10-11(8(3)4)13-14(12-10)9-5-6-9/h7-9H,5-6H2,1-4H3. The topological polar surface area (TPSA) is 30.7 Å². The third-order valence-corrected chi connectivity index (χ3v) is 2.65. The van der Waals surface area contributed by atoms with E-state index in [1.54, 1.807) is 0 Å². The molecule has 0 aliphatic heterocycles. The Hall–Kier alpha value is -0.860. The third kappa shape index (κ3) is 1.68. The Morgan fingerprint density at radius 2 is 1.43 bits per heavy atom. The number of rotatable bonds is 3. The van der Waals surface area contributed by atoms with E-state index in [1.165, 1.54) is 24.2 Å². The number of hydrogen-bond acceptors (Lipinski definition) is 2. The summed E-state index contributed by atoms with van der Waals surface area (Å²) in [5.74, 6) is 0.972. The average Bonchev–Trinajstić information content (AvgIpc) is 2.83. The van der Waals surface area contributed by atoms with Crippen molar-refractivity contribution in [3.05, 3.63) is 11.4 Å². The van der Waals surface area contributed by atoms with Crippen molar-refractivity contribution in [2.24, 2.45) is 0 Å². The van der Waals surface area contributed by atoms with E-state index in [1.807, 2.05) is 4.80 Å². The summed E-state index contributed by atoms with van der Waals surface area (Å²) in [5.41, 5.74) is 2.37. The van der Waals surface area contributed by atoms with Gasteiger partial charge in [-0.15, -0.1) is 0 Å². The number of nitrogens with zero attached hydrogens (tertiary/aromatic N) is 3. The first-order valence-electron chi connectivity index (χ1n) is 5.56. The zero-order valence-electron chi connectivity index (χ0n) is 9.49. The smallest absolute Gasteiger partial charge is 0.0887 e. The predicted octanol–water partition coefficient (Wildman–Crippen LogP) is 2.86. The summed E-state index contributed by atoms with van der Waals surface area (Å²) in [6.45, 7) is 8.75. The van der Waals surface area contributed by atoms with Crippen molar-refractivity contribution >= 4 is 0 Å². The van der Waals surface area contributed by atoms with Gasteiger partial charge in [-0.1, -0.05) is 27.7 Å². The summed E-state index contributed by atoms with van der Waals surface area (Å²) in [7, 11) is 0. The Morgan fingerprint density at radius 3 is 1.71 bits per heavy atom. The Bertz CT molecular complexity index is 296. The second kappa shape index (κ2) is 3.37. The van der Waals surface area contributed by atoms with Gasteiger partial charge in [-0.2, -0.15) is 15.0 Å². The van der Waals surface area contributed by atoms with Crippen LogP contribution in [-0.2, 0) is 0 Å². The van der Waals surface area contributed by atoms with Gasteiger partial charge in [0.15, 0.2) is 0 Å². The van der Waals surface area contributed by atoms with Gasteiger partial charge in [0.1, 0.15) is 0 Å². The van der Waals surface area contributed by atoms with E-state index >= 15 is 0 Å². The van der Waals surface area contributed by atoms with Crippen LogP contribution in [0.3, 0.4) is 0 Å². The molecule has 0 amide bonds. The molecule has 1 saturated carbocycles. The zero-order valence-corrected chi connectivity index (χ0v) is 9.49. The fraction of sp³-hybridized carbons (Fsp3) is 0.818. The highest BCUT2D eigenvalue weighted by Gasteiger charge is 2.28. The van der Waals surface area contributed by atoms with Gasteiger partial charge in [0.25, 0.3) is 0 Å². The minimum absolute atomic E-state index is 0.486. The van der Waals surface area contributed by atoms with Gasteiger partial charge in [-0.05, 0) is 24.7 Å². The lowest BCUT2D eigenvalue weighted by Crippen LogP contribution is -1.99. The van der Waals surface area contributed by atoms with E-state index in [2.05, 4.69) is 37.9 Å². The summed E-state index contributed by atoms with van der Waals surface area (Å²) in [6.07, 6.45) is 2.51. The lowest BCUT2D eigenvalue weighted by atomic mass is 10.0. The molecule has 3 heteroatoms. The van der Waals surface area contributed by atoms with Crippen molar-refractivity contribution in [3.8, 4) is 0 Å². The van der Waals surface area contributed by atoms with Crippen LogP contribution < -0.4 is 0 Å². The van der Waals surface area contributed by atoms with Crippen LogP contribution in [0.15, 0.2) is 0 Å². The number of aromatic nitrogens is 3. The van der Waals surface area contributed by atoms with E-state index in [0.717, 1.165) is 0 Å². The monoisotopic (exact) mass is 193 g/mol. The lowest BCUT2D eigenvalue weighted by Gasteiger charge is -2.04. The minimum atomic E-state index is 0.486. The Balaban J connectivity index is 2.34. The quantitative estimate of drug-likeness (QED) is 0.739. The van der Waals surface area contributed by atoms with Crippen LogP contribution >= 0.6 is 0 Å². The van der Waals surface area contributed by atoms with Gasteiger partial charge in [0, 0.05) is 0 Å². The predicted molar refractivity (Wildman–Crippen MR) is 56.5 cm³/mol. The molecule has 0 spiro atoms. The van der Waals surface area contributed by atoms with Gasteiger partial charge in [-0.3, -0.25) is 0 Å². The minimum Gasteiger partial charge on any atom is -0.181 e. The molecular formula is C11H19N3. The van der Waals surface area contributed by atoms with Crippen molar-refractivity contribution in [1.82, 2.24) is 15.0 Å². The Morgan fingerprint density at radius 1 is 1.00 bits per heavy atom. The first-order valence-corrected chi connectivity index (χ1v) is 5.56. The van der Waals surface area contributed by atoms with Gasteiger partial charge < -0.3 is 0 Å². The van der Waals surface area contributed by atoms with Gasteiger partial charge >= 0.3 is 0 Å². The lowest BCUT2D eigenvalue weighted by molar-refractivity contribution is 0.539. The zero-order chi connectivity index (χ0) is 10.3. The third-order valence-electron chi connectivity index (χ3n) is 2.65. The number of hydrogen-bond donors (Lipinski definition) is 0. The fourth-order valence-corrected chi connectivity index (χ4v) is 1.64. The summed E-state index contributed by atoms with van der Waals surface area (Å²) in [4.78, 5) is 1.94. The molecule has 0 saturated heterocycles. The second-order valence-corrected chi connectivity index (χ2v) is 4.83. The van der Waals surface area contributed by atoms with E-state index < -0.39 is 0 Å². The maximum atomic E-state index is 4.60. The molecule has 78 valence electrons. The average molecular weight is 193 g/mol. The van der Waals surface area contributed by atoms with E-state index in [-0.39, 0.29) is 0 Å². The Labute approximate surface area is 85.5 Å². The molecule has 0 atom stereocenters. The second-order valence-electron chi connectivity index (χ2n) is 4.83. The molecule has 0 N–H and O–H groups in total. The largest absolute Gasteiger partial charge is 0.181 e. The SMILES string of the molecule is CC(C)c1nn(C2CC2)nc1C(C)C. The van der Waals surface area contributed by atoms with Gasteiger partial charge in [-0.25, -0.2) is 0 Å². The van der Waals surface area contributed by atoms with Crippen molar-refractivity contribution in [2.75, 3.05) is 0 Å². The molecule has 1 fully saturated rings. The maximum absolute atomic E-state index is 4.60. The molecule has 1 aliphatic rings. The maximum Gasteiger partial charge on any atom is 0.0887 e. The fourth-order valence-electron chi connectivity index (χ4n) is 1.64. The van der Waals surface area contributed by atoms with Gasteiger partial charge in [0.2, 0.25) is 0 Å². The van der Waals surface area contributed by atoms with Crippen LogP contribution in [0.5, 0.6) is 0 Å². The molecule has 0 aromatic carbocycles.